The summed E-state index contributed by atoms with van der Waals surface area (Å²) in [6.07, 6.45) is 5.49. The summed E-state index contributed by atoms with van der Waals surface area (Å²) in [4.78, 5) is 13.5. The first-order valence-corrected chi connectivity index (χ1v) is 9.28. The average molecular weight is 385 g/mol. The van der Waals surface area contributed by atoms with Crippen LogP contribution in [0.25, 0.3) is 11.3 Å². The van der Waals surface area contributed by atoms with Crippen LogP contribution in [0.3, 0.4) is 0 Å². The van der Waals surface area contributed by atoms with Crippen LogP contribution in [0.15, 0.2) is 61.1 Å². The highest BCUT2D eigenvalue weighted by atomic mass is 35.5. The van der Waals surface area contributed by atoms with Gasteiger partial charge in [-0.15, -0.1) is 0 Å². The average Bonchev–Trinajstić information content (AvgIpc) is 2.71. The first-order valence-electron chi connectivity index (χ1n) is 8.53. The van der Waals surface area contributed by atoms with E-state index < -0.39 is 0 Å². The minimum absolute atomic E-state index is 0.545. The number of nitrogens with zero attached hydrogens (tertiary/aromatic N) is 4. The topological polar surface area (TPSA) is 32.3 Å². The molecule has 3 aromatic rings. The molecule has 0 unspecified atom stereocenters. The third-order valence-electron chi connectivity index (χ3n) is 4.63. The van der Waals surface area contributed by atoms with Gasteiger partial charge in [-0.3, -0.25) is 9.97 Å². The summed E-state index contributed by atoms with van der Waals surface area (Å²) in [7, 11) is 0. The summed E-state index contributed by atoms with van der Waals surface area (Å²) >= 11 is 12.3. The maximum absolute atomic E-state index is 6.20. The Morgan fingerprint density at radius 3 is 2.23 bits per heavy atom. The summed E-state index contributed by atoms with van der Waals surface area (Å²) in [6, 6.07) is 13.9. The first kappa shape index (κ1) is 17.1. The van der Waals surface area contributed by atoms with E-state index in [4.69, 9.17) is 23.2 Å². The van der Waals surface area contributed by atoms with Crippen molar-refractivity contribution >= 4 is 34.6 Å². The van der Waals surface area contributed by atoms with Crippen molar-refractivity contribution in [2.45, 2.75) is 0 Å². The van der Waals surface area contributed by atoms with Crippen LogP contribution in [0.2, 0.25) is 10.0 Å². The Balaban J connectivity index is 1.57. The van der Waals surface area contributed by atoms with Crippen molar-refractivity contribution in [3.8, 4) is 11.3 Å². The lowest BCUT2D eigenvalue weighted by molar-refractivity contribution is 0.653. The van der Waals surface area contributed by atoms with Crippen LogP contribution in [0.4, 0.5) is 11.4 Å². The second kappa shape index (κ2) is 7.52. The van der Waals surface area contributed by atoms with Gasteiger partial charge in [0.1, 0.15) is 0 Å². The minimum atomic E-state index is 0.545. The molecular weight excluding hydrogens is 367 g/mol. The fraction of sp³-hybridized carbons (Fsp3) is 0.200. The summed E-state index contributed by atoms with van der Waals surface area (Å²) in [5, 5.41) is 1.10. The number of pyridine rings is 2. The lowest BCUT2D eigenvalue weighted by atomic mass is 10.1. The van der Waals surface area contributed by atoms with Crippen molar-refractivity contribution < 1.29 is 0 Å². The van der Waals surface area contributed by atoms with Crippen LogP contribution in [-0.2, 0) is 0 Å². The monoisotopic (exact) mass is 384 g/mol. The Hall–Kier alpha value is -2.30. The summed E-state index contributed by atoms with van der Waals surface area (Å²) in [6.45, 7) is 3.78. The zero-order chi connectivity index (χ0) is 17.9. The molecule has 3 heterocycles. The SMILES string of the molecule is Clc1ccc(-c2ncccc2N2CCN(c3ccncc3)CC2)cc1Cl. The van der Waals surface area contributed by atoms with Gasteiger partial charge < -0.3 is 9.80 Å². The second-order valence-electron chi connectivity index (χ2n) is 6.18. The number of aromatic nitrogens is 2. The molecule has 4 rings (SSSR count). The van der Waals surface area contributed by atoms with E-state index in [1.165, 1.54) is 5.69 Å². The quantitative estimate of drug-likeness (QED) is 0.650. The molecule has 2 aromatic heterocycles. The lowest BCUT2D eigenvalue weighted by Gasteiger charge is -2.37. The van der Waals surface area contributed by atoms with Gasteiger partial charge in [0, 0.05) is 56.0 Å². The maximum atomic E-state index is 6.20. The largest absolute Gasteiger partial charge is 0.368 e. The normalized spacial score (nSPS) is 14.5. The Bertz CT molecular complexity index is 893. The number of hydrogen-bond acceptors (Lipinski definition) is 4. The molecule has 0 N–H and O–H groups in total. The first-order chi connectivity index (χ1) is 12.7. The van der Waals surface area contributed by atoms with Crippen LogP contribution >= 0.6 is 23.2 Å². The third kappa shape index (κ3) is 3.48. The van der Waals surface area contributed by atoms with Gasteiger partial charge in [0.15, 0.2) is 0 Å². The molecule has 1 fully saturated rings. The van der Waals surface area contributed by atoms with Gasteiger partial charge in [-0.05, 0) is 36.4 Å². The van der Waals surface area contributed by atoms with Crippen molar-refractivity contribution in [3.63, 3.8) is 0 Å². The molecule has 1 aromatic carbocycles. The van der Waals surface area contributed by atoms with E-state index in [2.05, 4.69) is 38.0 Å². The van der Waals surface area contributed by atoms with Crippen LogP contribution in [0.5, 0.6) is 0 Å². The molecule has 4 nitrogen and oxygen atoms in total. The van der Waals surface area contributed by atoms with Gasteiger partial charge in [0.25, 0.3) is 0 Å². The standard InChI is InChI=1S/C20H18Cl2N4/c21-17-4-3-15(14-18(17)22)20-19(2-1-7-24-20)26-12-10-25(11-13-26)16-5-8-23-9-6-16/h1-9,14H,10-13H2. The minimum Gasteiger partial charge on any atom is -0.368 e. The summed E-state index contributed by atoms with van der Waals surface area (Å²) in [5.74, 6) is 0. The van der Waals surface area contributed by atoms with E-state index in [1.807, 2.05) is 42.9 Å². The lowest BCUT2D eigenvalue weighted by Crippen LogP contribution is -2.46. The third-order valence-corrected chi connectivity index (χ3v) is 5.37. The van der Waals surface area contributed by atoms with E-state index in [0.717, 1.165) is 43.1 Å². The molecule has 0 atom stereocenters. The van der Waals surface area contributed by atoms with Crippen LogP contribution in [0, 0.1) is 0 Å². The highest BCUT2D eigenvalue weighted by molar-refractivity contribution is 6.42. The highest BCUT2D eigenvalue weighted by Gasteiger charge is 2.20. The molecule has 1 saturated heterocycles. The van der Waals surface area contributed by atoms with Gasteiger partial charge in [0.05, 0.1) is 21.4 Å². The predicted octanol–water partition coefficient (Wildman–Crippen LogP) is 4.78. The number of halogens is 2. The van der Waals surface area contributed by atoms with Crippen molar-refractivity contribution in [2.75, 3.05) is 36.0 Å². The van der Waals surface area contributed by atoms with Crippen LogP contribution < -0.4 is 9.80 Å². The van der Waals surface area contributed by atoms with Gasteiger partial charge in [-0.25, -0.2) is 0 Å². The van der Waals surface area contributed by atoms with Crippen molar-refractivity contribution in [1.82, 2.24) is 9.97 Å². The van der Waals surface area contributed by atoms with Crippen molar-refractivity contribution in [2.24, 2.45) is 0 Å². The van der Waals surface area contributed by atoms with Crippen LogP contribution in [-0.4, -0.2) is 36.1 Å². The van der Waals surface area contributed by atoms with E-state index in [0.29, 0.717) is 10.0 Å². The molecule has 0 amide bonds. The van der Waals surface area contributed by atoms with Crippen LogP contribution in [0.1, 0.15) is 0 Å². The highest BCUT2D eigenvalue weighted by Crippen LogP contribution is 2.33. The molecule has 0 radical (unpaired) electrons. The molecule has 0 bridgehead atoms. The smallest absolute Gasteiger partial charge is 0.0935 e. The Kier molecular flexibility index (Phi) is 4.96. The predicted molar refractivity (Wildman–Crippen MR) is 108 cm³/mol. The molecule has 26 heavy (non-hydrogen) atoms. The molecule has 0 aliphatic carbocycles. The fourth-order valence-electron chi connectivity index (χ4n) is 3.28. The second-order valence-corrected chi connectivity index (χ2v) is 6.99. The molecular formula is C20H18Cl2N4. The van der Waals surface area contributed by atoms with E-state index in [-0.39, 0.29) is 0 Å². The van der Waals surface area contributed by atoms with Crippen molar-refractivity contribution in [1.29, 1.82) is 0 Å². The molecule has 132 valence electrons. The summed E-state index contributed by atoms with van der Waals surface area (Å²) in [5.41, 5.74) is 4.26. The van der Waals surface area contributed by atoms with Gasteiger partial charge in [-0.2, -0.15) is 0 Å². The Labute approximate surface area is 163 Å². The van der Waals surface area contributed by atoms with Gasteiger partial charge in [-0.1, -0.05) is 29.3 Å². The Morgan fingerprint density at radius 1 is 0.769 bits per heavy atom. The van der Waals surface area contributed by atoms with Gasteiger partial charge >= 0.3 is 0 Å². The van der Waals surface area contributed by atoms with Gasteiger partial charge in [0.2, 0.25) is 0 Å². The van der Waals surface area contributed by atoms with Crippen molar-refractivity contribution in [3.05, 3.63) is 71.1 Å². The molecule has 1 aliphatic rings. The molecule has 0 saturated carbocycles. The molecule has 6 heteroatoms. The number of hydrogen-bond donors (Lipinski definition) is 0. The van der Waals surface area contributed by atoms with E-state index in [1.54, 1.807) is 0 Å². The summed E-state index contributed by atoms with van der Waals surface area (Å²) < 4.78 is 0. The number of piperazine rings is 1. The number of benzene rings is 1. The molecule has 0 spiro atoms. The number of anilines is 2. The van der Waals surface area contributed by atoms with E-state index >= 15 is 0 Å². The van der Waals surface area contributed by atoms with E-state index in [9.17, 15) is 0 Å². The molecule has 1 aliphatic heterocycles. The zero-order valence-corrected chi connectivity index (χ0v) is 15.7. The fourth-order valence-corrected chi connectivity index (χ4v) is 3.58. The zero-order valence-electron chi connectivity index (χ0n) is 14.1. The number of rotatable bonds is 3. The maximum Gasteiger partial charge on any atom is 0.0935 e. The Morgan fingerprint density at radius 2 is 1.50 bits per heavy atom.